The fraction of sp³-hybridized carbons (Fsp3) is 0.435. The highest BCUT2D eigenvalue weighted by Crippen LogP contribution is 2.37. The van der Waals surface area contributed by atoms with Crippen LogP contribution in [0.1, 0.15) is 30.0 Å². The first-order chi connectivity index (χ1) is 16.2. The Hall–Kier alpha value is -3.18. The minimum Gasteiger partial charge on any atom is -0.493 e. The number of hydrogen-bond donors (Lipinski definition) is 1. The van der Waals surface area contributed by atoms with Crippen molar-refractivity contribution in [3.63, 3.8) is 0 Å². The summed E-state index contributed by atoms with van der Waals surface area (Å²) in [6, 6.07) is 4.88. The third-order valence-corrected chi connectivity index (χ3v) is 5.56. The zero-order chi connectivity index (χ0) is 24.5. The third-order valence-electron chi connectivity index (χ3n) is 5.56. The molecule has 1 aromatic carbocycles. The number of aromatic nitrogens is 3. The Bertz CT molecular complexity index is 1170. The van der Waals surface area contributed by atoms with E-state index in [4.69, 9.17) is 18.9 Å². The average molecular weight is 478 g/mol. The molecule has 182 valence electrons. The number of benzene rings is 1. The zero-order valence-electron chi connectivity index (χ0n) is 19.1. The number of methoxy groups -OCH3 is 2. The highest BCUT2D eigenvalue weighted by molar-refractivity contribution is 5.92. The highest BCUT2D eigenvalue weighted by Gasteiger charge is 2.32. The van der Waals surface area contributed by atoms with Crippen LogP contribution in [0.2, 0.25) is 0 Å². The summed E-state index contributed by atoms with van der Waals surface area (Å²) in [6.07, 6.45) is -3.86. The van der Waals surface area contributed by atoms with Gasteiger partial charge in [-0.1, -0.05) is 0 Å². The van der Waals surface area contributed by atoms with Gasteiger partial charge in [0, 0.05) is 24.8 Å². The lowest BCUT2D eigenvalue weighted by Gasteiger charge is -2.21. The van der Waals surface area contributed by atoms with Gasteiger partial charge >= 0.3 is 6.18 Å². The van der Waals surface area contributed by atoms with E-state index in [1.54, 1.807) is 33.1 Å². The molecule has 0 bridgehead atoms. The van der Waals surface area contributed by atoms with Crippen LogP contribution in [0.5, 0.6) is 11.5 Å². The molecule has 2 unspecified atom stereocenters. The summed E-state index contributed by atoms with van der Waals surface area (Å²) in [5, 5.41) is 3.79. The van der Waals surface area contributed by atoms with Crippen molar-refractivity contribution in [2.24, 2.45) is 0 Å². The van der Waals surface area contributed by atoms with Gasteiger partial charge in [0.2, 0.25) is 0 Å². The number of aryl methyl sites for hydroxylation is 1. The van der Waals surface area contributed by atoms with E-state index < -0.39 is 17.8 Å². The summed E-state index contributed by atoms with van der Waals surface area (Å²) in [6.45, 7) is 4.24. The van der Waals surface area contributed by atoms with Crippen LogP contribution in [0.4, 0.5) is 19.0 Å². The molecule has 8 nitrogen and oxygen atoms in total. The quantitative estimate of drug-likeness (QED) is 0.537. The molecular weight excluding hydrogens is 453 g/mol. The second-order valence-corrected chi connectivity index (χ2v) is 7.94. The molecular formula is C23H25F3N4O4. The summed E-state index contributed by atoms with van der Waals surface area (Å²) in [5.41, 5.74) is 0.0615. The molecule has 34 heavy (non-hydrogen) atoms. The van der Waals surface area contributed by atoms with Gasteiger partial charge in [-0.05, 0) is 32.0 Å². The second-order valence-electron chi connectivity index (χ2n) is 7.94. The number of ether oxygens (including phenoxy) is 4. The number of hydrogen-bond acceptors (Lipinski definition) is 8. The van der Waals surface area contributed by atoms with Crippen molar-refractivity contribution in [3.05, 3.63) is 47.5 Å². The topological polar surface area (TPSA) is 87.6 Å². The van der Waals surface area contributed by atoms with Gasteiger partial charge in [-0.2, -0.15) is 13.2 Å². The molecule has 0 spiro atoms. The van der Waals surface area contributed by atoms with Crippen LogP contribution < -0.4 is 14.8 Å². The van der Waals surface area contributed by atoms with E-state index >= 15 is 0 Å². The second kappa shape index (κ2) is 9.59. The standard InChI is InChI=1S/C23H25F3N4O4/c1-12(16-7-14(5-6-27-16)23(24,25)26)28-22-15-8-19(34-21-11-33-10-20(21)32-4)18(31-3)9-17(15)29-13(2)30-22/h5-9,12,20-21H,10-11H2,1-4H3,(H,28,29,30)/t12-,20?,21?/m1/s1. The average Bonchev–Trinajstić information content (AvgIpc) is 3.25. The molecule has 0 saturated carbocycles. The van der Waals surface area contributed by atoms with Crippen molar-refractivity contribution in [1.82, 2.24) is 15.0 Å². The van der Waals surface area contributed by atoms with Crippen LogP contribution in [-0.2, 0) is 15.7 Å². The van der Waals surface area contributed by atoms with Crippen molar-refractivity contribution in [2.75, 3.05) is 32.8 Å². The minimum absolute atomic E-state index is 0.223. The van der Waals surface area contributed by atoms with E-state index in [-0.39, 0.29) is 17.9 Å². The minimum atomic E-state index is -4.46. The maximum Gasteiger partial charge on any atom is 0.416 e. The predicted molar refractivity (Wildman–Crippen MR) is 118 cm³/mol. The van der Waals surface area contributed by atoms with Gasteiger partial charge in [-0.3, -0.25) is 4.98 Å². The molecule has 0 aliphatic carbocycles. The molecule has 0 radical (unpaired) electrons. The van der Waals surface area contributed by atoms with Gasteiger partial charge in [0.25, 0.3) is 0 Å². The molecule has 1 N–H and O–H groups in total. The molecule has 1 aliphatic rings. The van der Waals surface area contributed by atoms with E-state index in [0.29, 0.717) is 47.3 Å². The summed E-state index contributed by atoms with van der Waals surface area (Å²) in [4.78, 5) is 13.1. The first-order valence-electron chi connectivity index (χ1n) is 10.6. The number of anilines is 1. The van der Waals surface area contributed by atoms with E-state index in [1.165, 1.54) is 7.11 Å². The lowest BCUT2D eigenvalue weighted by atomic mass is 10.1. The molecule has 1 aliphatic heterocycles. The molecule has 3 aromatic rings. The Morgan fingerprint density at radius 3 is 2.56 bits per heavy atom. The van der Waals surface area contributed by atoms with Crippen molar-refractivity contribution < 1.29 is 32.1 Å². The number of fused-ring (bicyclic) bond motifs is 1. The molecule has 1 saturated heterocycles. The van der Waals surface area contributed by atoms with Crippen LogP contribution in [-0.4, -0.2) is 54.6 Å². The van der Waals surface area contributed by atoms with Crippen molar-refractivity contribution >= 4 is 16.7 Å². The largest absolute Gasteiger partial charge is 0.493 e. The number of nitrogens with one attached hydrogen (secondary N) is 1. The first kappa shape index (κ1) is 24.0. The molecule has 3 heterocycles. The van der Waals surface area contributed by atoms with E-state index in [9.17, 15) is 13.2 Å². The molecule has 2 aromatic heterocycles. The van der Waals surface area contributed by atoms with E-state index in [2.05, 4.69) is 20.3 Å². The molecule has 1 fully saturated rings. The SMILES string of the molecule is COc1cc2nc(C)nc(N[C@H](C)c3cc(C(F)(F)F)ccn3)c2cc1OC1COCC1OC. The Morgan fingerprint density at radius 2 is 1.85 bits per heavy atom. The molecule has 11 heteroatoms. The van der Waals surface area contributed by atoms with Gasteiger partial charge in [0.15, 0.2) is 17.6 Å². The van der Waals surface area contributed by atoms with Crippen LogP contribution in [0.25, 0.3) is 10.9 Å². The Kier molecular flexibility index (Phi) is 6.76. The lowest BCUT2D eigenvalue weighted by Crippen LogP contribution is -2.31. The van der Waals surface area contributed by atoms with Gasteiger partial charge in [0.05, 0.1) is 43.1 Å². The molecule has 4 rings (SSSR count). The normalized spacial score (nSPS) is 19.3. The Morgan fingerprint density at radius 1 is 1.09 bits per heavy atom. The number of pyridine rings is 1. The van der Waals surface area contributed by atoms with E-state index in [1.807, 2.05) is 0 Å². The number of halogens is 3. The zero-order valence-corrected chi connectivity index (χ0v) is 19.1. The summed E-state index contributed by atoms with van der Waals surface area (Å²) < 4.78 is 61.9. The smallest absolute Gasteiger partial charge is 0.416 e. The van der Waals surface area contributed by atoms with Crippen LogP contribution >= 0.6 is 0 Å². The van der Waals surface area contributed by atoms with Gasteiger partial charge in [-0.15, -0.1) is 0 Å². The number of alkyl halides is 3. The summed E-state index contributed by atoms with van der Waals surface area (Å²) in [7, 11) is 3.12. The third kappa shape index (κ3) is 5.00. The van der Waals surface area contributed by atoms with Gasteiger partial charge in [-0.25, -0.2) is 9.97 Å². The fourth-order valence-electron chi connectivity index (χ4n) is 3.76. The maximum atomic E-state index is 13.1. The lowest BCUT2D eigenvalue weighted by molar-refractivity contribution is -0.137. The van der Waals surface area contributed by atoms with Crippen molar-refractivity contribution in [2.45, 2.75) is 38.3 Å². The summed E-state index contributed by atoms with van der Waals surface area (Å²) in [5.74, 6) is 1.85. The summed E-state index contributed by atoms with van der Waals surface area (Å²) >= 11 is 0. The van der Waals surface area contributed by atoms with E-state index in [0.717, 1.165) is 18.3 Å². The number of nitrogens with zero attached hydrogens (tertiary/aromatic N) is 3. The molecule has 3 atom stereocenters. The van der Waals surface area contributed by atoms with Gasteiger partial charge in [0.1, 0.15) is 17.7 Å². The maximum absolute atomic E-state index is 13.1. The van der Waals surface area contributed by atoms with Gasteiger partial charge < -0.3 is 24.3 Å². The Balaban J connectivity index is 1.69. The monoisotopic (exact) mass is 478 g/mol. The Labute approximate surface area is 194 Å². The first-order valence-corrected chi connectivity index (χ1v) is 10.6. The van der Waals surface area contributed by atoms with Crippen LogP contribution in [0, 0.1) is 6.92 Å². The van der Waals surface area contributed by atoms with Crippen LogP contribution in [0.3, 0.4) is 0 Å². The fourth-order valence-corrected chi connectivity index (χ4v) is 3.76. The predicted octanol–water partition coefficient (Wildman–Crippen LogP) is 4.33. The van der Waals surface area contributed by atoms with Crippen molar-refractivity contribution in [3.8, 4) is 11.5 Å². The number of rotatable bonds is 7. The highest BCUT2D eigenvalue weighted by atomic mass is 19.4. The molecule has 0 amide bonds. The van der Waals surface area contributed by atoms with Crippen LogP contribution in [0.15, 0.2) is 30.5 Å². The van der Waals surface area contributed by atoms with Crippen molar-refractivity contribution in [1.29, 1.82) is 0 Å².